The van der Waals surface area contributed by atoms with Gasteiger partial charge in [0, 0.05) is 18.1 Å². The van der Waals surface area contributed by atoms with E-state index in [1.165, 1.54) is 12.1 Å². The molecule has 0 heterocycles. The van der Waals surface area contributed by atoms with Crippen molar-refractivity contribution in [2.75, 3.05) is 23.1 Å². The Morgan fingerprint density at radius 1 is 0.941 bits per heavy atom. The molecule has 3 aromatic carbocycles. The maximum Gasteiger partial charge on any atom is 0.264 e. The summed E-state index contributed by atoms with van der Waals surface area (Å²) in [6, 6.07) is 19.0. The molecule has 1 amide bonds. The SMILES string of the molecule is Cc1ccc(N(CC(=O)NCCSCc2ccc(Cl)c(Cl)c2)S(=O)(=O)c2ccccc2)cc1C. The zero-order chi connectivity index (χ0) is 24.7. The summed E-state index contributed by atoms with van der Waals surface area (Å²) in [6.07, 6.45) is 0. The summed E-state index contributed by atoms with van der Waals surface area (Å²) < 4.78 is 27.9. The highest BCUT2D eigenvalue weighted by atomic mass is 35.5. The minimum absolute atomic E-state index is 0.137. The van der Waals surface area contributed by atoms with Gasteiger partial charge in [-0.3, -0.25) is 9.10 Å². The van der Waals surface area contributed by atoms with E-state index in [9.17, 15) is 13.2 Å². The average molecular weight is 538 g/mol. The summed E-state index contributed by atoms with van der Waals surface area (Å²) >= 11 is 13.6. The molecule has 0 saturated heterocycles. The number of hydrogen-bond donors (Lipinski definition) is 1. The first-order valence-electron chi connectivity index (χ1n) is 10.6. The lowest BCUT2D eigenvalue weighted by molar-refractivity contribution is -0.119. The number of carbonyl (C=O) groups is 1. The summed E-state index contributed by atoms with van der Waals surface area (Å²) in [5.74, 6) is 1.03. The van der Waals surface area contributed by atoms with Crippen LogP contribution in [0.1, 0.15) is 16.7 Å². The van der Waals surface area contributed by atoms with E-state index in [0.29, 0.717) is 28.0 Å². The average Bonchev–Trinajstić information content (AvgIpc) is 2.82. The van der Waals surface area contributed by atoms with Gasteiger partial charge in [0.05, 0.1) is 20.6 Å². The van der Waals surface area contributed by atoms with Gasteiger partial charge in [-0.25, -0.2) is 8.42 Å². The third-order valence-corrected chi connectivity index (χ3v) is 8.78. The van der Waals surface area contributed by atoms with E-state index in [1.54, 1.807) is 48.2 Å². The fourth-order valence-electron chi connectivity index (χ4n) is 3.18. The normalized spacial score (nSPS) is 11.3. The zero-order valence-electron chi connectivity index (χ0n) is 18.9. The molecule has 0 aromatic heterocycles. The number of anilines is 1. The Hall–Kier alpha value is -2.19. The molecule has 0 radical (unpaired) electrons. The van der Waals surface area contributed by atoms with Crippen molar-refractivity contribution in [3.8, 4) is 0 Å². The van der Waals surface area contributed by atoms with Crippen molar-refractivity contribution in [2.24, 2.45) is 0 Å². The molecular weight excluding hydrogens is 511 g/mol. The van der Waals surface area contributed by atoms with Crippen LogP contribution in [0.2, 0.25) is 10.0 Å². The van der Waals surface area contributed by atoms with Crippen molar-refractivity contribution in [3.63, 3.8) is 0 Å². The highest BCUT2D eigenvalue weighted by molar-refractivity contribution is 7.98. The Morgan fingerprint density at radius 3 is 2.35 bits per heavy atom. The van der Waals surface area contributed by atoms with Gasteiger partial charge in [-0.1, -0.05) is 53.5 Å². The van der Waals surface area contributed by atoms with E-state index in [2.05, 4.69) is 5.32 Å². The number of carbonyl (C=O) groups excluding carboxylic acids is 1. The molecule has 1 N–H and O–H groups in total. The van der Waals surface area contributed by atoms with Gasteiger partial charge in [0.1, 0.15) is 6.54 Å². The number of nitrogens with one attached hydrogen (secondary N) is 1. The molecule has 180 valence electrons. The molecular formula is C25H26Cl2N2O3S2. The van der Waals surface area contributed by atoms with Crippen molar-refractivity contribution in [1.29, 1.82) is 0 Å². The maximum atomic E-state index is 13.4. The van der Waals surface area contributed by atoms with Gasteiger partial charge in [0.25, 0.3) is 10.0 Å². The van der Waals surface area contributed by atoms with Crippen LogP contribution in [0.25, 0.3) is 0 Å². The number of sulfonamides is 1. The predicted molar refractivity (Wildman–Crippen MR) is 143 cm³/mol. The molecule has 3 aromatic rings. The van der Waals surface area contributed by atoms with Crippen LogP contribution in [0, 0.1) is 13.8 Å². The van der Waals surface area contributed by atoms with Crippen LogP contribution < -0.4 is 9.62 Å². The quantitative estimate of drug-likeness (QED) is 0.329. The van der Waals surface area contributed by atoms with E-state index in [0.717, 1.165) is 26.7 Å². The Bertz CT molecular complexity index is 1250. The Labute approximate surface area is 215 Å². The third-order valence-electron chi connectivity index (χ3n) is 5.22. The van der Waals surface area contributed by atoms with Crippen molar-refractivity contribution >= 4 is 56.6 Å². The van der Waals surface area contributed by atoms with Gasteiger partial charge in [-0.2, -0.15) is 11.8 Å². The molecule has 0 saturated carbocycles. The largest absolute Gasteiger partial charge is 0.354 e. The lowest BCUT2D eigenvalue weighted by atomic mass is 10.1. The third kappa shape index (κ3) is 6.92. The topological polar surface area (TPSA) is 66.5 Å². The highest BCUT2D eigenvalue weighted by Crippen LogP contribution is 2.26. The van der Waals surface area contributed by atoms with E-state index in [-0.39, 0.29) is 17.3 Å². The van der Waals surface area contributed by atoms with E-state index < -0.39 is 10.0 Å². The van der Waals surface area contributed by atoms with Crippen molar-refractivity contribution in [3.05, 3.63) is 93.5 Å². The number of aryl methyl sites for hydroxylation is 2. The Morgan fingerprint density at radius 2 is 1.68 bits per heavy atom. The molecule has 5 nitrogen and oxygen atoms in total. The van der Waals surface area contributed by atoms with Crippen molar-refractivity contribution < 1.29 is 13.2 Å². The minimum Gasteiger partial charge on any atom is -0.354 e. The summed E-state index contributed by atoms with van der Waals surface area (Å²) in [4.78, 5) is 12.9. The first-order chi connectivity index (χ1) is 16.2. The smallest absolute Gasteiger partial charge is 0.264 e. The number of halogens is 2. The van der Waals surface area contributed by atoms with Gasteiger partial charge in [0.15, 0.2) is 0 Å². The second-order valence-corrected chi connectivity index (χ2v) is 11.5. The monoisotopic (exact) mass is 536 g/mol. The van der Waals surface area contributed by atoms with Gasteiger partial charge < -0.3 is 5.32 Å². The standard InChI is InChI=1S/C25H26Cl2N2O3S2/c1-18-8-10-21(14-19(18)2)29(34(31,32)22-6-4-3-5-7-22)16-25(30)28-12-13-33-17-20-9-11-23(26)24(27)15-20/h3-11,14-15H,12-13,16-17H2,1-2H3,(H,28,30). The number of thioether (sulfide) groups is 1. The van der Waals surface area contributed by atoms with Crippen LogP contribution in [0.15, 0.2) is 71.6 Å². The second kappa shape index (κ2) is 12.0. The summed E-state index contributed by atoms with van der Waals surface area (Å²) in [7, 11) is -3.91. The lowest BCUT2D eigenvalue weighted by Crippen LogP contribution is -2.41. The molecule has 9 heteroatoms. The van der Waals surface area contributed by atoms with Crippen LogP contribution in [0.5, 0.6) is 0 Å². The molecule has 0 aliphatic heterocycles. The number of rotatable bonds is 10. The molecule has 3 rings (SSSR count). The molecule has 0 bridgehead atoms. The van der Waals surface area contributed by atoms with Gasteiger partial charge in [-0.05, 0) is 66.9 Å². The molecule has 0 fully saturated rings. The number of nitrogens with zero attached hydrogens (tertiary/aromatic N) is 1. The van der Waals surface area contributed by atoms with Crippen LogP contribution in [-0.4, -0.2) is 33.2 Å². The highest BCUT2D eigenvalue weighted by Gasteiger charge is 2.27. The number of benzene rings is 3. The van der Waals surface area contributed by atoms with E-state index in [4.69, 9.17) is 23.2 Å². The molecule has 0 aliphatic rings. The van der Waals surface area contributed by atoms with Gasteiger partial charge in [-0.15, -0.1) is 0 Å². The van der Waals surface area contributed by atoms with Crippen LogP contribution in [0.4, 0.5) is 5.69 Å². The van der Waals surface area contributed by atoms with Crippen LogP contribution >= 0.6 is 35.0 Å². The minimum atomic E-state index is -3.91. The van der Waals surface area contributed by atoms with E-state index >= 15 is 0 Å². The van der Waals surface area contributed by atoms with Gasteiger partial charge >= 0.3 is 0 Å². The van der Waals surface area contributed by atoms with Crippen LogP contribution in [0.3, 0.4) is 0 Å². The Balaban J connectivity index is 1.64. The fourth-order valence-corrected chi connectivity index (χ4v) is 5.74. The second-order valence-electron chi connectivity index (χ2n) is 7.74. The van der Waals surface area contributed by atoms with Gasteiger partial charge in [0.2, 0.25) is 5.91 Å². The Kier molecular flexibility index (Phi) is 9.31. The summed E-state index contributed by atoms with van der Waals surface area (Å²) in [5.41, 5.74) is 3.49. The maximum absolute atomic E-state index is 13.4. The first kappa shape index (κ1) is 26.4. The summed E-state index contributed by atoms with van der Waals surface area (Å²) in [5, 5.41) is 3.85. The molecule has 0 atom stereocenters. The lowest BCUT2D eigenvalue weighted by Gasteiger charge is -2.24. The molecule has 0 aliphatic carbocycles. The zero-order valence-corrected chi connectivity index (χ0v) is 22.1. The number of hydrogen-bond acceptors (Lipinski definition) is 4. The molecule has 34 heavy (non-hydrogen) atoms. The first-order valence-corrected chi connectivity index (χ1v) is 14.0. The van der Waals surface area contributed by atoms with E-state index in [1.807, 2.05) is 32.0 Å². The van der Waals surface area contributed by atoms with Crippen LogP contribution in [-0.2, 0) is 20.6 Å². The number of amides is 1. The fraction of sp³-hybridized carbons (Fsp3) is 0.240. The van der Waals surface area contributed by atoms with Crippen molar-refractivity contribution in [2.45, 2.75) is 24.5 Å². The predicted octanol–water partition coefficient (Wildman–Crippen LogP) is 5.86. The summed E-state index contributed by atoms with van der Waals surface area (Å²) in [6.45, 7) is 3.98. The van der Waals surface area contributed by atoms with Crippen molar-refractivity contribution in [1.82, 2.24) is 5.32 Å². The molecule has 0 unspecified atom stereocenters. The molecule has 0 spiro atoms.